The molecule has 1 heterocycles. The molecule has 1 aromatic heterocycles. The standard InChI is InChI=1S/C11H12N4O4/c1-7-13-14-11(19-7)6-18-10-3-2-9(15(16)17)4-8(10)5-12/h2-4H,5-6,12H2,1H3. The largest absolute Gasteiger partial charge is 0.483 e. The van der Waals surface area contributed by atoms with Crippen molar-refractivity contribution in [1.29, 1.82) is 0 Å². The van der Waals surface area contributed by atoms with E-state index in [1.807, 2.05) is 0 Å². The van der Waals surface area contributed by atoms with Crippen LogP contribution in [0.15, 0.2) is 22.6 Å². The van der Waals surface area contributed by atoms with Crippen LogP contribution in [0.1, 0.15) is 17.3 Å². The molecule has 8 heteroatoms. The number of aromatic nitrogens is 2. The van der Waals surface area contributed by atoms with Crippen LogP contribution in [-0.2, 0) is 13.2 Å². The van der Waals surface area contributed by atoms with Crippen LogP contribution in [0, 0.1) is 17.0 Å². The lowest BCUT2D eigenvalue weighted by Gasteiger charge is -2.08. The van der Waals surface area contributed by atoms with Crippen molar-refractivity contribution >= 4 is 5.69 Å². The number of aryl methyl sites for hydroxylation is 1. The molecule has 0 amide bonds. The van der Waals surface area contributed by atoms with Crippen LogP contribution in [0.3, 0.4) is 0 Å². The van der Waals surface area contributed by atoms with Gasteiger partial charge in [0.05, 0.1) is 4.92 Å². The van der Waals surface area contributed by atoms with Gasteiger partial charge in [0.2, 0.25) is 5.89 Å². The van der Waals surface area contributed by atoms with Crippen LogP contribution in [0.2, 0.25) is 0 Å². The van der Waals surface area contributed by atoms with Gasteiger partial charge >= 0.3 is 0 Å². The molecule has 2 rings (SSSR count). The molecule has 0 atom stereocenters. The number of non-ortho nitro benzene ring substituents is 1. The summed E-state index contributed by atoms with van der Waals surface area (Å²) < 4.78 is 10.6. The molecular weight excluding hydrogens is 252 g/mol. The number of benzene rings is 1. The summed E-state index contributed by atoms with van der Waals surface area (Å²) in [5.74, 6) is 1.24. The summed E-state index contributed by atoms with van der Waals surface area (Å²) in [4.78, 5) is 10.2. The lowest BCUT2D eigenvalue weighted by atomic mass is 10.2. The highest BCUT2D eigenvalue weighted by Crippen LogP contribution is 2.24. The third-order valence-electron chi connectivity index (χ3n) is 2.39. The monoisotopic (exact) mass is 264 g/mol. The van der Waals surface area contributed by atoms with E-state index in [2.05, 4.69) is 10.2 Å². The van der Waals surface area contributed by atoms with Gasteiger partial charge in [0.25, 0.3) is 11.6 Å². The Balaban J connectivity index is 2.13. The minimum atomic E-state index is -0.482. The lowest BCUT2D eigenvalue weighted by molar-refractivity contribution is -0.384. The van der Waals surface area contributed by atoms with Gasteiger partial charge in [0.1, 0.15) is 5.75 Å². The fraction of sp³-hybridized carbons (Fsp3) is 0.273. The Morgan fingerprint density at radius 2 is 2.26 bits per heavy atom. The number of nitro benzene ring substituents is 1. The smallest absolute Gasteiger partial charge is 0.270 e. The van der Waals surface area contributed by atoms with Crippen LogP contribution in [0.5, 0.6) is 5.75 Å². The summed E-state index contributed by atoms with van der Waals surface area (Å²) in [6.07, 6.45) is 0. The number of nitrogens with two attached hydrogens (primary N) is 1. The van der Waals surface area contributed by atoms with Gasteiger partial charge in [-0.05, 0) is 6.07 Å². The molecule has 0 spiro atoms. The van der Waals surface area contributed by atoms with E-state index in [1.165, 1.54) is 18.2 Å². The van der Waals surface area contributed by atoms with Crippen LogP contribution in [0.4, 0.5) is 5.69 Å². The molecule has 0 aliphatic rings. The predicted molar refractivity (Wildman–Crippen MR) is 64.4 cm³/mol. The molecule has 0 aliphatic carbocycles. The third-order valence-corrected chi connectivity index (χ3v) is 2.39. The molecule has 100 valence electrons. The van der Waals surface area contributed by atoms with E-state index in [9.17, 15) is 10.1 Å². The number of ether oxygens (including phenoxy) is 1. The van der Waals surface area contributed by atoms with Gasteiger partial charge in [0, 0.05) is 31.2 Å². The zero-order chi connectivity index (χ0) is 13.8. The molecule has 0 unspecified atom stereocenters. The van der Waals surface area contributed by atoms with Crippen molar-refractivity contribution in [2.45, 2.75) is 20.1 Å². The number of nitrogens with zero attached hydrogens (tertiary/aromatic N) is 3. The predicted octanol–water partition coefficient (Wildman–Crippen LogP) is 1.32. The Bertz CT molecular complexity index is 596. The molecular formula is C11H12N4O4. The van der Waals surface area contributed by atoms with Gasteiger partial charge in [-0.25, -0.2) is 0 Å². The van der Waals surface area contributed by atoms with Gasteiger partial charge < -0.3 is 14.9 Å². The van der Waals surface area contributed by atoms with E-state index >= 15 is 0 Å². The Morgan fingerprint density at radius 3 is 2.84 bits per heavy atom. The molecule has 0 aliphatic heterocycles. The second-order valence-electron chi connectivity index (χ2n) is 3.76. The zero-order valence-corrected chi connectivity index (χ0v) is 10.2. The molecule has 19 heavy (non-hydrogen) atoms. The second-order valence-corrected chi connectivity index (χ2v) is 3.76. The van der Waals surface area contributed by atoms with Crippen molar-refractivity contribution in [3.05, 3.63) is 45.7 Å². The molecule has 8 nitrogen and oxygen atoms in total. The lowest BCUT2D eigenvalue weighted by Crippen LogP contribution is -2.04. The molecule has 0 bridgehead atoms. The number of nitro groups is 1. The first-order chi connectivity index (χ1) is 9.10. The van der Waals surface area contributed by atoms with E-state index in [0.717, 1.165) is 0 Å². The fourth-order valence-corrected chi connectivity index (χ4v) is 1.52. The highest BCUT2D eigenvalue weighted by Gasteiger charge is 2.12. The molecule has 0 radical (unpaired) electrons. The number of rotatable bonds is 5. The Morgan fingerprint density at radius 1 is 1.47 bits per heavy atom. The molecule has 2 N–H and O–H groups in total. The maximum Gasteiger partial charge on any atom is 0.270 e. The summed E-state index contributed by atoms with van der Waals surface area (Å²) in [6.45, 7) is 1.90. The van der Waals surface area contributed by atoms with E-state index in [1.54, 1.807) is 6.92 Å². The Kier molecular flexibility index (Phi) is 3.71. The summed E-state index contributed by atoms with van der Waals surface area (Å²) in [5, 5.41) is 18.1. The van der Waals surface area contributed by atoms with Crippen molar-refractivity contribution < 1.29 is 14.1 Å². The van der Waals surface area contributed by atoms with Crippen molar-refractivity contribution in [3.63, 3.8) is 0 Å². The normalized spacial score (nSPS) is 10.4. The van der Waals surface area contributed by atoms with E-state index in [0.29, 0.717) is 23.1 Å². The second kappa shape index (κ2) is 5.44. The minimum Gasteiger partial charge on any atom is -0.483 e. The van der Waals surface area contributed by atoms with Crippen LogP contribution < -0.4 is 10.5 Å². The summed E-state index contributed by atoms with van der Waals surface area (Å²) in [5.41, 5.74) is 6.06. The number of hydrogen-bond acceptors (Lipinski definition) is 7. The van der Waals surface area contributed by atoms with Crippen molar-refractivity contribution in [2.75, 3.05) is 0 Å². The van der Waals surface area contributed by atoms with Crippen LogP contribution in [0.25, 0.3) is 0 Å². The van der Waals surface area contributed by atoms with E-state index < -0.39 is 4.92 Å². The molecule has 2 aromatic rings. The van der Waals surface area contributed by atoms with Crippen molar-refractivity contribution in [2.24, 2.45) is 5.73 Å². The quantitative estimate of drug-likeness (QED) is 0.639. The Hall–Kier alpha value is -2.48. The number of hydrogen-bond donors (Lipinski definition) is 1. The average Bonchev–Trinajstić information content (AvgIpc) is 2.81. The average molecular weight is 264 g/mol. The van der Waals surface area contributed by atoms with Gasteiger partial charge in [-0.2, -0.15) is 0 Å². The summed E-state index contributed by atoms with van der Waals surface area (Å²) >= 11 is 0. The first kappa shape index (κ1) is 13.0. The maximum atomic E-state index is 10.7. The highest BCUT2D eigenvalue weighted by molar-refractivity contribution is 5.43. The van der Waals surface area contributed by atoms with Gasteiger partial charge in [-0.3, -0.25) is 10.1 Å². The molecule has 0 saturated heterocycles. The maximum absolute atomic E-state index is 10.7. The summed E-state index contributed by atoms with van der Waals surface area (Å²) in [7, 11) is 0. The first-order valence-electron chi connectivity index (χ1n) is 5.49. The molecule has 0 fully saturated rings. The minimum absolute atomic E-state index is 0.0264. The first-order valence-corrected chi connectivity index (χ1v) is 5.49. The van der Waals surface area contributed by atoms with Gasteiger partial charge in [0.15, 0.2) is 6.61 Å². The van der Waals surface area contributed by atoms with Crippen LogP contribution in [-0.4, -0.2) is 15.1 Å². The van der Waals surface area contributed by atoms with Gasteiger partial charge in [-0.1, -0.05) is 0 Å². The molecule has 1 aromatic carbocycles. The van der Waals surface area contributed by atoms with Gasteiger partial charge in [-0.15, -0.1) is 10.2 Å². The summed E-state index contributed by atoms with van der Waals surface area (Å²) in [6, 6.07) is 4.24. The third kappa shape index (κ3) is 3.05. The fourth-order valence-electron chi connectivity index (χ4n) is 1.52. The Labute approximate surface area is 108 Å². The zero-order valence-electron chi connectivity index (χ0n) is 10.2. The van der Waals surface area contributed by atoms with Crippen LogP contribution >= 0.6 is 0 Å². The van der Waals surface area contributed by atoms with E-state index in [-0.39, 0.29) is 18.8 Å². The highest BCUT2D eigenvalue weighted by atomic mass is 16.6. The van der Waals surface area contributed by atoms with Crippen molar-refractivity contribution in [3.8, 4) is 5.75 Å². The SMILES string of the molecule is Cc1nnc(COc2ccc([N+](=O)[O-])cc2CN)o1. The topological polar surface area (TPSA) is 117 Å². The van der Waals surface area contributed by atoms with Crippen molar-refractivity contribution in [1.82, 2.24) is 10.2 Å². The van der Waals surface area contributed by atoms with E-state index in [4.69, 9.17) is 14.9 Å². The molecule has 0 saturated carbocycles.